The summed E-state index contributed by atoms with van der Waals surface area (Å²) in [5.41, 5.74) is 6.24. The standard InChI is InChI=1S/C15H18INOS/c1-3-12(17)15(14-9-8-10(2)19-14)18-13-7-5-4-6-11(13)16/h4-9,12,15H,3,17H2,1-2H3. The van der Waals surface area contributed by atoms with E-state index in [9.17, 15) is 0 Å². The maximum absolute atomic E-state index is 6.24. The van der Waals surface area contributed by atoms with E-state index in [-0.39, 0.29) is 12.1 Å². The molecule has 0 fully saturated rings. The molecule has 2 atom stereocenters. The topological polar surface area (TPSA) is 35.2 Å². The summed E-state index contributed by atoms with van der Waals surface area (Å²) in [4.78, 5) is 2.49. The molecular weight excluding hydrogens is 369 g/mol. The quantitative estimate of drug-likeness (QED) is 0.766. The van der Waals surface area contributed by atoms with Crippen LogP contribution in [0.4, 0.5) is 0 Å². The zero-order chi connectivity index (χ0) is 13.8. The Hall–Kier alpha value is -0.590. The highest BCUT2D eigenvalue weighted by molar-refractivity contribution is 14.1. The third-order valence-electron chi connectivity index (χ3n) is 2.99. The summed E-state index contributed by atoms with van der Waals surface area (Å²) in [5, 5.41) is 0. The van der Waals surface area contributed by atoms with Gasteiger partial charge in [-0.05, 0) is 60.2 Å². The second-order valence-corrected chi connectivity index (χ2v) is 6.97. The average Bonchev–Trinajstić information content (AvgIpc) is 2.83. The zero-order valence-corrected chi connectivity index (χ0v) is 14.1. The molecule has 0 amide bonds. The van der Waals surface area contributed by atoms with Crippen LogP contribution in [0.5, 0.6) is 5.75 Å². The molecule has 0 saturated heterocycles. The fourth-order valence-corrected chi connectivity index (χ4v) is 3.35. The Morgan fingerprint density at radius 1 is 1.26 bits per heavy atom. The number of aryl methyl sites for hydroxylation is 1. The highest BCUT2D eigenvalue weighted by Crippen LogP contribution is 2.32. The normalized spacial score (nSPS) is 14.1. The molecule has 2 rings (SSSR count). The monoisotopic (exact) mass is 387 g/mol. The highest BCUT2D eigenvalue weighted by Gasteiger charge is 2.22. The Balaban J connectivity index is 2.27. The predicted molar refractivity (Wildman–Crippen MR) is 89.9 cm³/mol. The summed E-state index contributed by atoms with van der Waals surface area (Å²) in [6.45, 7) is 4.20. The minimum absolute atomic E-state index is 0.00839. The van der Waals surface area contributed by atoms with Gasteiger partial charge in [0.05, 0.1) is 3.57 Å². The lowest BCUT2D eigenvalue weighted by molar-refractivity contribution is 0.173. The van der Waals surface area contributed by atoms with Crippen molar-refractivity contribution in [2.45, 2.75) is 32.4 Å². The SMILES string of the molecule is CCC(N)C(Oc1ccccc1I)c1ccc(C)s1. The Morgan fingerprint density at radius 2 is 2.00 bits per heavy atom. The van der Waals surface area contributed by atoms with Gasteiger partial charge in [0.1, 0.15) is 11.9 Å². The zero-order valence-electron chi connectivity index (χ0n) is 11.1. The molecule has 1 aromatic heterocycles. The molecule has 0 aliphatic heterocycles. The van der Waals surface area contributed by atoms with Gasteiger partial charge in [-0.1, -0.05) is 19.1 Å². The molecule has 0 radical (unpaired) electrons. The molecule has 0 bridgehead atoms. The fraction of sp³-hybridized carbons (Fsp3) is 0.333. The molecule has 0 aliphatic rings. The van der Waals surface area contributed by atoms with Gasteiger partial charge in [-0.3, -0.25) is 0 Å². The molecule has 2 N–H and O–H groups in total. The second-order valence-electron chi connectivity index (χ2n) is 4.49. The summed E-state index contributed by atoms with van der Waals surface area (Å²) < 4.78 is 7.29. The molecule has 1 heterocycles. The van der Waals surface area contributed by atoms with Crippen molar-refractivity contribution in [3.05, 3.63) is 49.7 Å². The maximum atomic E-state index is 6.24. The minimum Gasteiger partial charge on any atom is -0.482 e. The first-order valence-corrected chi connectivity index (χ1v) is 8.24. The number of para-hydroxylation sites is 1. The Labute approximate surface area is 132 Å². The molecular formula is C15H18INOS. The van der Waals surface area contributed by atoms with Gasteiger partial charge >= 0.3 is 0 Å². The van der Waals surface area contributed by atoms with Crippen LogP contribution in [0.2, 0.25) is 0 Å². The number of rotatable bonds is 5. The van der Waals surface area contributed by atoms with Gasteiger partial charge in [0.25, 0.3) is 0 Å². The Kier molecular flexibility index (Phi) is 5.24. The molecule has 102 valence electrons. The molecule has 0 saturated carbocycles. The van der Waals surface area contributed by atoms with E-state index in [2.05, 4.69) is 48.6 Å². The van der Waals surface area contributed by atoms with Crippen LogP contribution in [-0.4, -0.2) is 6.04 Å². The number of benzene rings is 1. The van der Waals surface area contributed by atoms with Crippen LogP contribution in [0.15, 0.2) is 36.4 Å². The van der Waals surface area contributed by atoms with Gasteiger partial charge in [0.15, 0.2) is 0 Å². The van der Waals surface area contributed by atoms with Crippen LogP contribution in [0.25, 0.3) is 0 Å². The number of hydrogen-bond acceptors (Lipinski definition) is 3. The van der Waals surface area contributed by atoms with E-state index in [1.165, 1.54) is 9.75 Å². The second kappa shape index (κ2) is 6.72. The van der Waals surface area contributed by atoms with Crippen molar-refractivity contribution in [2.24, 2.45) is 5.73 Å². The molecule has 1 aromatic carbocycles. The summed E-state index contributed by atoms with van der Waals surface area (Å²) in [7, 11) is 0. The summed E-state index contributed by atoms with van der Waals surface area (Å²) in [5.74, 6) is 0.906. The van der Waals surface area contributed by atoms with E-state index in [0.29, 0.717) is 0 Å². The van der Waals surface area contributed by atoms with Crippen molar-refractivity contribution in [3.8, 4) is 5.75 Å². The van der Waals surface area contributed by atoms with Crippen molar-refractivity contribution in [2.75, 3.05) is 0 Å². The first-order valence-electron chi connectivity index (χ1n) is 6.35. The first-order chi connectivity index (χ1) is 9.11. The average molecular weight is 387 g/mol. The lowest BCUT2D eigenvalue weighted by Crippen LogP contribution is -2.31. The van der Waals surface area contributed by atoms with E-state index in [0.717, 1.165) is 15.7 Å². The number of hydrogen-bond donors (Lipinski definition) is 1. The van der Waals surface area contributed by atoms with Gasteiger partial charge in [0.2, 0.25) is 0 Å². The maximum Gasteiger partial charge on any atom is 0.148 e. The van der Waals surface area contributed by atoms with Crippen molar-refractivity contribution in [1.82, 2.24) is 0 Å². The van der Waals surface area contributed by atoms with Crippen LogP contribution in [0.3, 0.4) is 0 Å². The van der Waals surface area contributed by atoms with Crippen molar-refractivity contribution < 1.29 is 4.74 Å². The lowest BCUT2D eigenvalue weighted by Gasteiger charge is -2.24. The fourth-order valence-electron chi connectivity index (χ4n) is 1.85. The molecule has 2 unspecified atom stereocenters. The van der Waals surface area contributed by atoms with E-state index in [1.54, 1.807) is 11.3 Å². The minimum atomic E-state index is -0.0698. The van der Waals surface area contributed by atoms with Crippen molar-refractivity contribution in [1.29, 1.82) is 0 Å². The van der Waals surface area contributed by atoms with Crippen molar-refractivity contribution in [3.63, 3.8) is 0 Å². The van der Waals surface area contributed by atoms with Gasteiger partial charge in [-0.25, -0.2) is 0 Å². The highest BCUT2D eigenvalue weighted by atomic mass is 127. The number of thiophene rings is 1. The van der Waals surface area contributed by atoms with Gasteiger partial charge in [-0.15, -0.1) is 11.3 Å². The Morgan fingerprint density at radius 3 is 2.58 bits per heavy atom. The summed E-state index contributed by atoms with van der Waals surface area (Å²) in [6.07, 6.45) is 0.824. The van der Waals surface area contributed by atoms with Crippen LogP contribution in [0.1, 0.15) is 29.2 Å². The molecule has 0 aliphatic carbocycles. The third-order valence-corrected chi connectivity index (χ3v) is 4.95. The molecule has 4 heteroatoms. The summed E-state index contributed by atoms with van der Waals surface area (Å²) in [6, 6.07) is 12.3. The van der Waals surface area contributed by atoms with Crippen LogP contribution < -0.4 is 10.5 Å². The predicted octanol–water partition coefficient (Wildman–Crippen LogP) is 4.52. The van der Waals surface area contributed by atoms with Crippen LogP contribution >= 0.6 is 33.9 Å². The third kappa shape index (κ3) is 3.70. The number of halogens is 1. The van der Waals surface area contributed by atoms with E-state index >= 15 is 0 Å². The van der Waals surface area contributed by atoms with Gasteiger partial charge < -0.3 is 10.5 Å². The molecule has 19 heavy (non-hydrogen) atoms. The molecule has 0 spiro atoms. The van der Waals surface area contributed by atoms with E-state index in [4.69, 9.17) is 10.5 Å². The smallest absolute Gasteiger partial charge is 0.148 e. The largest absolute Gasteiger partial charge is 0.482 e. The van der Waals surface area contributed by atoms with Gasteiger partial charge in [-0.2, -0.15) is 0 Å². The number of nitrogens with two attached hydrogens (primary N) is 1. The van der Waals surface area contributed by atoms with Crippen LogP contribution in [0, 0.1) is 10.5 Å². The van der Waals surface area contributed by atoms with E-state index in [1.807, 2.05) is 24.3 Å². The molecule has 2 aromatic rings. The lowest BCUT2D eigenvalue weighted by atomic mass is 10.1. The Bertz CT molecular complexity index is 540. The summed E-state index contributed by atoms with van der Waals surface area (Å²) >= 11 is 4.05. The van der Waals surface area contributed by atoms with Crippen LogP contribution in [-0.2, 0) is 0 Å². The first kappa shape index (κ1) is 14.8. The van der Waals surface area contributed by atoms with E-state index < -0.39 is 0 Å². The van der Waals surface area contributed by atoms with Gasteiger partial charge in [0, 0.05) is 15.8 Å². The molecule has 2 nitrogen and oxygen atoms in total. The van der Waals surface area contributed by atoms with Crippen molar-refractivity contribution >= 4 is 33.9 Å². The number of ether oxygens (including phenoxy) is 1.